The smallest absolute Gasteiger partial charge is 0.317 e. The van der Waals surface area contributed by atoms with Crippen molar-refractivity contribution in [1.29, 1.82) is 0 Å². The molecule has 1 saturated heterocycles. The molecular weight excluding hydrogens is 299 g/mol. The summed E-state index contributed by atoms with van der Waals surface area (Å²) in [5.41, 5.74) is 0. The number of hydrogen-bond donors (Lipinski definition) is 2. The Morgan fingerprint density at radius 2 is 2.13 bits per heavy atom. The predicted octanol–water partition coefficient (Wildman–Crippen LogP) is 2.40. The van der Waals surface area contributed by atoms with Crippen molar-refractivity contribution in [1.82, 2.24) is 10.2 Å². The van der Waals surface area contributed by atoms with Crippen LogP contribution in [0.1, 0.15) is 26.7 Å². The Balaban J connectivity index is 1.76. The summed E-state index contributed by atoms with van der Waals surface area (Å²) in [6.07, 6.45) is 1.46. The van der Waals surface area contributed by atoms with Crippen molar-refractivity contribution in [3.63, 3.8) is 0 Å². The Bertz CT molecular complexity index is 507. The van der Waals surface area contributed by atoms with E-state index in [2.05, 4.69) is 5.32 Å². The summed E-state index contributed by atoms with van der Waals surface area (Å²) in [6.45, 7) is 5.23. The average Bonchev–Trinajstić information content (AvgIpc) is 2.54. The molecular formula is C17H25FN2O3. The standard InChI is InChI=1S/C17H25FN2O3/c1-12(11-23-16-7-5-15(18)6-8-16)19-17(22)20-9-3-4-14(10-20)13(2)21/h5-8,12-14,21H,3-4,9-11H2,1-2H3,(H,19,22). The largest absolute Gasteiger partial charge is 0.491 e. The molecule has 0 bridgehead atoms. The molecule has 5 nitrogen and oxygen atoms in total. The minimum Gasteiger partial charge on any atom is -0.491 e. The fraction of sp³-hybridized carbons (Fsp3) is 0.588. The molecule has 1 heterocycles. The Morgan fingerprint density at radius 1 is 1.43 bits per heavy atom. The van der Waals surface area contributed by atoms with Crippen LogP contribution < -0.4 is 10.1 Å². The molecule has 1 aliphatic heterocycles. The lowest BCUT2D eigenvalue weighted by Gasteiger charge is -2.34. The number of benzene rings is 1. The molecule has 0 aliphatic carbocycles. The van der Waals surface area contributed by atoms with Gasteiger partial charge in [0.2, 0.25) is 0 Å². The third-order valence-corrected chi connectivity index (χ3v) is 4.11. The van der Waals surface area contributed by atoms with E-state index in [4.69, 9.17) is 4.74 Å². The molecule has 0 aromatic heterocycles. The number of carbonyl (C=O) groups excluding carboxylic acids is 1. The van der Waals surface area contributed by atoms with E-state index in [0.717, 1.165) is 12.8 Å². The lowest BCUT2D eigenvalue weighted by atomic mass is 9.94. The number of likely N-dealkylation sites (tertiary alicyclic amines) is 1. The Hall–Kier alpha value is -1.82. The van der Waals surface area contributed by atoms with Gasteiger partial charge >= 0.3 is 6.03 Å². The summed E-state index contributed by atoms with van der Waals surface area (Å²) in [6, 6.07) is 5.49. The van der Waals surface area contributed by atoms with Crippen LogP contribution in [-0.2, 0) is 0 Å². The number of amides is 2. The van der Waals surface area contributed by atoms with Crippen LogP contribution in [0.2, 0.25) is 0 Å². The maximum Gasteiger partial charge on any atom is 0.317 e. The van der Waals surface area contributed by atoms with E-state index in [1.54, 1.807) is 24.0 Å². The van der Waals surface area contributed by atoms with Crippen LogP contribution in [0, 0.1) is 11.7 Å². The molecule has 2 rings (SSSR count). The van der Waals surface area contributed by atoms with Crippen LogP contribution >= 0.6 is 0 Å². The maximum absolute atomic E-state index is 12.8. The molecule has 3 atom stereocenters. The molecule has 0 spiro atoms. The first-order valence-corrected chi connectivity index (χ1v) is 8.07. The van der Waals surface area contributed by atoms with Gasteiger partial charge in [0.1, 0.15) is 18.2 Å². The lowest BCUT2D eigenvalue weighted by molar-refractivity contribution is 0.0729. The monoisotopic (exact) mass is 324 g/mol. The number of ether oxygens (including phenoxy) is 1. The topological polar surface area (TPSA) is 61.8 Å². The third-order valence-electron chi connectivity index (χ3n) is 4.11. The molecule has 1 fully saturated rings. The average molecular weight is 324 g/mol. The summed E-state index contributed by atoms with van der Waals surface area (Å²) in [4.78, 5) is 14.0. The number of carbonyl (C=O) groups is 1. The van der Waals surface area contributed by atoms with E-state index in [-0.39, 0.29) is 23.8 Å². The number of hydrogen-bond acceptors (Lipinski definition) is 3. The highest BCUT2D eigenvalue weighted by Gasteiger charge is 2.26. The number of halogens is 1. The summed E-state index contributed by atoms with van der Waals surface area (Å²) in [5, 5.41) is 12.6. The van der Waals surface area contributed by atoms with Gasteiger partial charge in [-0.1, -0.05) is 0 Å². The van der Waals surface area contributed by atoms with Gasteiger partial charge in [0.05, 0.1) is 12.1 Å². The molecule has 1 aromatic carbocycles. The van der Waals surface area contributed by atoms with Gasteiger partial charge in [-0.15, -0.1) is 0 Å². The van der Waals surface area contributed by atoms with Gasteiger partial charge in [-0.05, 0) is 51.0 Å². The van der Waals surface area contributed by atoms with Crippen LogP contribution in [0.15, 0.2) is 24.3 Å². The molecule has 0 radical (unpaired) electrons. The zero-order chi connectivity index (χ0) is 16.8. The molecule has 6 heteroatoms. The van der Waals surface area contributed by atoms with Gasteiger partial charge in [-0.2, -0.15) is 0 Å². The quantitative estimate of drug-likeness (QED) is 0.874. The van der Waals surface area contributed by atoms with Gasteiger partial charge in [-0.25, -0.2) is 9.18 Å². The maximum atomic E-state index is 12.8. The first-order chi connectivity index (χ1) is 11.0. The lowest BCUT2D eigenvalue weighted by Crippen LogP contribution is -2.50. The highest BCUT2D eigenvalue weighted by molar-refractivity contribution is 5.74. The first kappa shape index (κ1) is 17.5. The fourth-order valence-electron chi connectivity index (χ4n) is 2.68. The normalized spacial score (nSPS) is 20.7. The molecule has 23 heavy (non-hydrogen) atoms. The second kappa shape index (κ2) is 8.15. The summed E-state index contributed by atoms with van der Waals surface area (Å²) in [5.74, 6) is 0.399. The van der Waals surface area contributed by atoms with Crippen molar-refractivity contribution in [2.75, 3.05) is 19.7 Å². The zero-order valence-corrected chi connectivity index (χ0v) is 13.7. The summed E-state index contributed by atoms with van der Waals surface area (Å²) >= 11 is 0. The molecule has 3 unspecified atom stereocenters. The van der Waals surface area contributed by atoms with Crippen molar-refractivity contribution in [3.05, 3.63) is 30.1 Å². The van der Waals surface area contributed by atoms with Gasteiger partial charge in [-0.3, -0.25) is 0 Å². The van der Waals surface area contributed by atoms with Crippen LogP contribution in [0.3, 0.4) is 0 Å². The van der Waals surface area contributed by atoms with E-state index in [9.17, 15) is 14.3 Å². The number of aliphatic hydroxyl groups excluding tert-OH is 1. The van der Waals surface area contributed by atoms with Crippen LogP contribution in [-0.4, -0.2) is 47.9 Å². The van der Waals surface area contributed by atoms with Crippen LogP contribution in [0.25, 0.3) is 0 Å². The number of aliphatic hydroxyl groups is 1. The first-order valence-electron chi connectivity index (χ1n) is 8.07. The summed E-state index contributed by atoms with van der Waals surface area (Å²) < 4.78 is 18.3. The third kappa shape index (κ3) is 5.39. The van der Waals surface area contributed by atoms with E-state index in [1.807, 2.05) is 6.92 Å². The Labute approximate surface area is 136 Å². The minimum absolute atomic E-state index is 0.134. The minimum atomic E-state index is -0.398. The van der Waals surface area contributed by atoms with Crippen molar-refractivity contribution in [2.24, 2.45) is 5.92 Å². The van der Waals surface area contributed by atoms with Gasteiger partial charge in [0.15, 0.2) is 0 Å². The fourth-order valence-corrected chi connectivity index (χ4v) is 2.68. The van der Waals surface area contributed by atoms with E-state index >= 15 is 0 Å². The zero-order valence-electron chi connectivity index (χ0n) is 13.7. The highest BCUT2D eigenvalue weighted by atomic mass is 19.1. The number of urea groups is 1. The van der Waals surface area contributed by atoms with Crippen LogP contribution in [0.5, 0.6) is 5.75 Å². The van der Waals surface area contributed by atoms with E-state index < -0.39 is 6.10 Å². The van der Waals surface area contributed by atoms with Crippen molar-refractivity contribution in [2.45, 2.75) is 38.8 Å². The van der Waals surface area contributed by atoms with E-state index in [1.165, 1.54) is 12.1 Å². The summed E-state index contributed by atoms with van der Waals surface area (Å²) in [7, 11) is 0. The second-order valence-corrected chi connectivity index (χ2v) is 6.20. The number of nitrogens with zero attached hydrogens (tertiary/aromatic N) is 1. The molecule has 0 saturated carbocycles. The molecule has 128 valence electrons. The van der Waals surface area contributed by atoms with Crippen molar-refractivity contribution in [3.8, 4) is 5.75 Å². The van der Waals surface area contributed by atoms with Gasteiger partial charge in [0, 0.05) is 19.0 Å². The number of nitrogens with one attached hydrogen (secondary N) is 1. The molecule has 1 aromatic rings. The molecule has 2 N–H and O–H groups in total. The Morgan fingerprint density at radius 3 is 2.78 bits per heavy atom. The molecule has 1 aliphatic rings. The van der Waals surface area contributed by atoms with Crippen LogP contribution in [0.4, 0.5) is 9.18 Å². The number of piperidine rings is 1. The van der Waals surface area contributed by atoms with Gasteiger partial charge < -0.3 is 20.1 Å². The Kier molecular flexibility index (Phi) is 6.21. The van der Waals surface area contributed by atoms with Crippen molar-refractivity contribution >= 4 is 6.03 Å². The SMILES string of the molecule is CC(COc1ccc(F)cc1)NC(=O)N1CCCC(C(C)O)C1. The van der Waals surface area contributed by atoms with Crippen molar-refractivity contribution < 1.29 is 19.0 Å². The predicted molar refractivity (Wildman–Crippen MR) is 85.9 cm³/mol. The molecule has 2 amide bonds. The van der Waals surface area contributed by atoms with E-state index in [0.29, 0.717) is 25.4 Å². The second-order valence-electron chi connectivity index (χ2n) is 6.20. The van der Waals surface area contributed by atoms with Gasteiger partial charge in [0.25, 0.3) is 0 Å². The highest BCUT2D eigenvalue weighted by Crippen LogP contribution is 2.19. The number of rotatable bonds is 5.